The van der Waals surface area contributed by atoms with Gasteiger partial charge >= 0.3 is 6.03 Å². The number of halogens is 2. The first kappa shape index (κ1) is 25.6. The Morgan fingerprint density at radius 3 is 2.44 bits per heavy atom. The van der Waals surface area contributed by atoms with Crippen LogP contribution < -0.4 is 10.2 Å². The second-order valence-electron chi connectivity index (χ2n) is 9.33. The highest BCUT2D eigenvalue weighted by molar-refractivity contribution is 5.89. The van der Waals surface area contributed by atoms with Crippen LogP contribution in [0, 0.1) is 18.6 Å². The van der Waals surface area contributed by atoms with E-state index >= 15 is 0 Å². The van der Waals surface area contributed by atoms with Gasteiger partial charge in [-0.25, -0.2) is 18.3 Å². The van der Waals surface area contributed by atoms with Gasteiger partial charge in [0.2, 0.25) is 0 Å². The normalized spacial score (nSPS) is 14.4. The minimum atomic E-state index is -0.487. The van der Waals surface area contributed by atoms with Gasteiger partial charge in [0, 0.05) is 37.8 Å². The van der Waals surface area contributed by atoms with E-state index in [1.165, 1.54) is 24.3 Å². The summed E-state index contributed by atoms with van der Waals surface area (Å²) in [5.74, 6) is 0.0365. The lowest BCUT2D eigenvalue weighted by Gasteiger charge is -2.36. The summed E-state index contributed by atoms with van der Waals surface area (Å²) in [6.07, 6.45) is 0. The SMILES string of the molecule is CCN1CCN(c2c(CN(C(=O)Nc3ccccc3F)C(C)C)c(C)nn2-c2cccc(F)c2)CC1. The summed E-state index contributed by atoms with van der Waals surface area (Å²) >= 11 is 0. The Morgan fingerprint density at radius 2 is 1.81 bits per heavy atom. The molecule has 0 spiro atoms. The van der Waals surface area contributed by atoms with Gasteiger partial charge in [0.15, 0.2) is 0 Å². The van der Waals surface area contributed by atoms with Gasteiger partial charge in [-0.15, -0.1) is 0 Å². The third-order valence-electron chi connectivity index (χ3n) is 6.66. The summed E-state index contributed by atoms with van der Waals surface area (Å²) < 4.78 is 30.1. The van der Waals surface area contributed by atoms with Crippen molar-refractivity contribution in [1.82, 2.24) is 19.6 Å². The molecular formula is C27H34F2N6O. The molecule has 0 radical (unpaired) electrons. The second kappa shape index (κ2) is 11.1. The van der Waals surface area contributed by atoms with E-state index in [0.717, 1.165) is 49.8 Å². The molecule has 1 aromatic heterocycles. The molecule has 2 aromatic carbocycles. The molecule has 9 heteroatoms. The number of benzene rings is 2. The van der Waals surface area contributed by atoms with E-state index in [1.807, 2.05) is 26.8 Å². The number of nitrogens with one attached hydrogen (secondary N) is 1. The molecule has 36 heavy (non-hydrogen) atoms. The Hall–Kier alpha value is -3.46. The number of piperazine rings is 1. The number of likely N-dealkylation sites (N-methyl/N-ethyl adjacent to an activating group) is 1. The average Bonchev–Trinajstić information content (AvgIpc) is 3.19. The van der Waals surface area contributed by atoms with Crippen molar-refractivity contribution in [3.8, 4) is 5.69 Å². The summed E-state index contributed by atoms with van der Waals surface area (Å²) in [6.45, 7) is 12.6. The molecule has 0 atom stereocenters. The van der Waals surface area contributed by atoms with Crippen LogP contribution in [0.2, 0.25) is 0 Å². The molecular weight excluding hydrogens is 462 g/mol. The van der Waals surface area contributed by atoms with E-state index in [2.05, 4.69) is 22.0 Å². The smallest absolute Gasteiger partial charge is 0.322 e. The number of hydrogen-bond acceptors (Lipinski definition) is 4. The lowest BCUT2D eigenvalue weighted by Crippen LogP contribution is -2.47. The summed E-state index contributed by atoms with van der Waals surface area (Å²) in [4.78, 5) is 19.6. The predicted octanol–water partition coefficient (Wildman–Crippen LogP) is 5.04. The quantitative estimate of drug-likeness (QED) is 0.498. The predicted molar refractivity (Wildman–Crippen MR) is 139 cm³/mol. The minimum Gasteiger partial charge on any atom is -0.354 e. The maximum Gasteiger partial charge on any atom is 0.322 e. The molecule has 4 rings (SSSR count). The van der Waals surface area contributed by atoms with E-state index in [0.29, 0.717) is 5.69 Å². The molecule has 1 fully saturated rings. The highest BCUT2D eigenvalue weighted by Gasteiger charge is 2.28. The van der Waals surface area contributed by atoms with E-state index in [-0.39, 0.29) is 24.1 Å². The van der Waals surface area contributed by atoms with Crippen molar-refractivity contribution in [1.29, 1.82) is 0 Å². The third kappa shape index (κ3) is 5.51. The van der Waals surface area contributed by atoms with Crippen LogP contribution in [0.5, 0.6) is 0 Å². The molecule has 2 amide bonds. The number of anilines is 2. The first-order chi connectivity index (χ1) is 17.3. The van der Waals surface area contributed by atoms with E-state index < -0.39 is 11.8 Å². The van der Waals surface area contributed by atoms with Crippen LogP contribution in [-0.4, -0.2) is 64.4 Å². The van der Waals surface area contributed by atoms with Gasteiger partial charge in [0.1, 0.15) is 17.5 Å². The number of aromatic nitrogens is 2. The number of aryl methyl sites for hydroxylation is 1. The van der Waals surface area contributed by atoms with Gasteiger partial charge in [-0.1, -0.05) is 25.1 Å². The molecule has 2 heterocycles. The lowest BCUT2D eigenvalue weighted by molar-refractivity contribution is 0.193. The molecule has 0 unspecified atom stereocenters. The Kier molecular flexibility index (Phi) is 7.88. The number of rotatable bonds is 7. The number of para-hydroxylation sites is 1. The highest BCUT2D eigenvalue weighted by Crippen LogP contribution is 2.30. The molecule has 1 N–H and O–H groups in total. The molecule has 1 saturated heterocycles. The number of hydrogen-bond donors (Lipinski definition) is 1. The maximum absolute atomic E-state index is 14.2. The standard InChI is InChI=1S/C27H34F2N6O/c1-5-32-13-15-33(16-14-32)26-23(20(4)31-35(26)22-10-8-9-21(28)17-22)18-34(19(2)3)27(36)30-25-12-7-6-11-24(25)29/h6-12,17,19H,5,13-16,18H2,1-4H3,(H,30,36). The van der Waals surface area contributed by atoms with Crippen LogP contribution in [0.15, 0.2) is 48.5 Å². The Morgan fingerprint density at radius 1 is 1.08 bits per heavy atom. The van der Waals surface area contributed by atoms with E-state index in [1.54, 1.807) is 27.8 Å². The first-order valence-electron chi connectivity index (χ1n) is 12.4. The number of amides is 2. The number of urea groups is 1. The Balaban J connectivity index is 1.71. The van der Waals surface area contributed by atoms with Crippen molar-refractivity contribution in [3.63, 3.8) is 0 Å². The van der Waals surface area contributed by atoms with Crippen LogP contribution >= 0.6 is 0 Å². The van der Waals surface area contributed by atoms with Crippen LogP contribution in [0.1, 0.15) is 32.0 Å². The molecule has 0 bridgehead atoms. The van der Waals surface area contributed by atoms with Crippen LogP contribution in [0.4, 0.5) is 25.1 Å². The third-order valence-corrected chi connectivity index (χ3v) is 6.66. The fourth-order valence-electron chi connectivity index (χ4n) is 4.53. The molecule has 0 aliphatic carbocycles. The van der Waals surface area contributed by atoms with Gasteiger partial charge in [0.05, 0.1) is 23.6 Å². The summed E-state index contributed by atoms with van der Waals surface area (Å²) in [5, 5.41) is 7.49. The molecule has 1 aliphatic rings. The molecule has 3 aromatic rings. The van der Waals surface area contributed by atoms with Gasteiger partial charge in [-0.3, -0.25) is 0 Å². The van der Waals surface area contributed by atoms with E-state index in [4.69, 9.17) is 5.10 Å². The van der Waals surface area contributed by atoms with Crippen molar-refractivity contribution in [2.24, 2.45) is 0 Å². The zero-order valence-electron chi connectivity index (χ0n) is 21.3. The zero-order chi connectivity index (χ0) is 25.8. The lowest BCUT2D eigenvalue weighted by atomic mass is 10.1. The number of carbonyl (C=O) groups excluding carboxylic acids is 1. The van der Waals surface area contributed by atoms with Gasteiger partial charge < -0.3 is 20.0 Å². The Bertz CT molecular complexity index is 1200. The second-order valence-corrected chi connectivity index (χ2v) is 9.33. The van der Waals surface area contributed by atoms with Crippen molar-refractivity contribution in [2.45, 2.75) is 40.3 Å². The van der Waals surface area contributed by atoms with Gasteiger partial charge in [0.25, 0.3) is 0 Å². The number of carbonyl (C=O) groups is 1. The van der Waals surface area contributed by atoms with Gasteiger partial charge in [-0.05, 0) is 57.6 Å². The summed E-state index contributed by atoms with van der Waals surface area (Å²) in [6, 6.07) is 11.9. The Labute approximate surface area is 211 Å². The summed E-state index contributed by atoms with van der Waals surface area (Å²) in [5.41, 5.74) is 2.42. The first-order valence-corrected chi connectivity index (χ1v) is 12.4. The fourth-order valence-corrected chi connectivity index (χ4v) is 4.53. The van der Waals surface area contributed by atoms with Crippen molar-refractivity contribution >= 4 is 17.5 Å². The van der Waals surface area contributed by atoms with Crippen molar-refractivity contribution in [2.75, 3.05) is 42.9 Å². The highest BCUT2D eigenvalue weighted by atomic mass is 19.1. The van der Waals surface area contributed by atoms with Crippen LogP contribution in [0.25, 0.3) is 5.69 Å². The topological polar surface area (TPSA) is 56.6 Å². The van der Waals surface area contributed by atoms with Crippen LogP contribution in [0.3, 0.4) is 0 Å². The largest absolute Gasteiger partial charge is 0.354 e. The van der Waals surface area contributed by atoms with E-state index in [9.17, 15) is 13.6 Å². The van der Waals surface area contributed by atoms with Crippen LogP contribution in [-0.2, 0) is 6.54 Å². The molecule has 192 valence electrons. The maximum atomic E-state index is 14.2. The fraction of sp³-hybridized carbons (Fsp3) is 0.407. The molecule has 1 aliphatic heterocycles. The average molecular weight is 497 g/mol. The number of nitrogens with zero attached hydrogens (tertiary/aromatic N) is 5. The zero-order valence-corrected chi connectivity index (χ0v) is 21.3. The minimum absolute atomic E-state index is 0.135. The van der Waals surface area contributed by atoms with Gasteiger partial charge in [-0.2, -0.15) is 5.10 Å². The summed E-state index contributed by atoms with van der Waals surface area (Å²) in [7, 11) is 0. The monoisotopic (exact) mass is 496 g/mol. The van der Waals surface area contributed by atoms with Crippen molar-refractivity contribution in [3.05, 3.63) is 71.4 Å². The van der Waals surface area contributed by atoms with Crippen molar-refractivity contribution < 1.29 is 13.6 Å². The molecule has 7 nitrogen and oxygen atoms in total. The molecule has 0 saturated carbocycles.